The molecule has 0 saturated heterocycles. The summed E-state index contributed by atoms with van der Waals surface area (Å²) >= 11 is 7.45. The van der Waals surface area contributed by atoms with Gasteiger partial charge >= 0.3 is 6.01 Å². The number of nitrogens with one attached hydrogen (secondary N) is 2. The highest BCUT2D eigenvalue weighted by Crippen LogP contribution is 2.41. The molecule has 11 heteroatoms. The van der Waals surface area contributed by atoms with Crippen LogP contribution < -0.4 is 20.3 Å². The highest BCUT2D eigenvalue weighted by Gasteiger charge is 2.24. The standard InChI is InChI=1S/C20H18ClN7O2S/c1-9-8-22-15-14-10-4-7-13(30-20-26-18(21)25-19(27-20)28(2)3)24-11(10)5-6-12(14)31-16(15)17(29)23-9/h4-7,9,22H,8H2,1-3H3,(H,23,29)/t9-/m1/s1. The molecule has 158 valence electrons. The summed E-state index contributed by atoms with van der Waals surface area (Å²) in [6.45, 7) is 2.63. The summed E-state index contributed by atoms with van der Waals surface area (Å²) < 4.78 is 6.77. The minimum atomic E-state index is -0.0572. The second-order valence-corrected chi connectivity index (χ2v) is 8.79. The van der Waals surface area contributed by atoms with Gasteiger partial charge in [-0.25, -0.2) is 4.98 Å². The number of carbonyl (C=O) groups is 1. The SMILES string of the molecule is C[C@@H]1CNc2c(sc3ccc4nc(Oc5nc(Cl)nc(N(C)C)n5)ccc4c23)C(=O)N1. The summed E-state index contributed by atoms with van der Waals surface area (Å²) in [6.07, 6.45) is 0. The van der Waals surface area contributed by atoms with Crippen LogP contribution in [0.1, 0.15) is 16.6 Å². The average molecular weight is 456 g/mol. The van der Waals surface area contributed by atoms with E-state index >= 15 is 0 Å². The molecule has 0 bridgehead atoms. The van der Waals surface area contributed by atoms with Crippen LogP contribution in [0, 0.1) is 0 Å². The maximum Gasteiger partial charge on any atom is 0.329 e. The van der Waals surface area contributed by atoms with Crippen molar-refractivity contribution in [3.05, 3.63) is 34.4 Å². The normalized spacial score (nSPS) is 15.9. The molecule has 1 aliphatic rings. The number of halogens is 1. The van der Waals surface area contributed by atoms with Gasteiger partial charge in [0.15, 0.2) is 0 Å². The van der Waals surface area contributed by atoms with Crippen molar-refractivity contribution in [2.45, 2.75) is 13.0 Å². The lowest BCUT2D eigenvalue weighted by atomic mass is 10.1. The number of rotatable bonds is 3. The first-order chi connectivity index (χ1) is 14.9. The van der Waals surface area contributed by atoms with Crippen LogP contribution in [0.3, 0.4) is 0 Å². The summed E-state index contributed by atoms with van der Waals surface area (Å²) in [5, 5.41) is 8.37. The van der Waals surface area contributed by atoms with Gasteiger partial charge in [0, 0.05) is 48.2 Å². The van der Waals surface area contributed by atoms with E-state index in [4.69, 9.17) is 16.3 Å². The Hall–Kier alpha value is -3.24. The van der Waals surface area contributed by atoms with Gasteiger partial charge in [0.1, 0.15) is 4.88 Å². The Balaban J connectivity index is 1.57. The molecule has 9 nitrogen and oxygen atoms in total. The molecular formula is C20H18ClN7O2S. The fraction of sp³-hybridized carbons (Fsp3) is 0.250. The van der Waals surface area contributed by atoms with Gasteiger partial charge < -0.3 is 20.3 Å². The van der Waals surface area contributed by atoms with Crippen LogP contribution in [-0.4, -0.2) is 52.5 Å². The first-order valence-electron chi connectivity index (χ1n) is 9.57. The molecule has 31 heavy (non-hydrogen) atoms. The van der Waals surface area contributed by atoms with Crippen LogP contribution in [0.4, 0.5) is 11.6 Å². The van der Waals surface area contributed by atoms with Crippen molar-refractivity contribution in [3.8, 4) is 11.9 Å². The summed E-state index contributed by atoms with van der Waals surface area (Å²) in [4.78, 5) is 31.9. The lowest BCUT2D eigenvalue weighted by Gasteiger charge is -2.11. The van der Waals surface area contributed by atoms with E-state index in [0.717, 1.165) is 26.7 Å². The molecule has 1 atom stereocenters. The van der Waals surface area contributed by atoms with E-state index in [9.17, 15) is 4.79 Å². The maximum absolute atomic E-state index is 12.6. The van der Waals surface area contributed by atoms with Gasteiger partial charge in [0.25, 0.3) is 5.91 Å². The Morgan fingerprint density at radius 2 is 2.00 bits per heavy atom. The summed E-state index contributed by atoms with van der Waals surface area (Å²) in [5.74, 6) is 0.662. The molecular weight excluding hydrogens is 438 g/mol. The molecule has 0 fully saturated rings. The number of fused-ring (bicyclic) bond motifs is 5. The van der Waals surface area contributed by atoms with Gasteiger partial charge in [0.05, 0.1) is 11.2 Å². The van der Waals surface area contributed by atoms with Crippen LogP contribution in [0.2, 0.25) is 5.28 Å². The highest BCUT2D eigenvalue weighted by atomic mass is 35.5. The van der Waals surface area contributed by atoms with E-state index in [-0.39, 0.29) is 23.2 Å². The molecule has 1 amide bonds. The third-order valence-electron chi connectivity index (χ3n) is 4.84. The number of ether oxygens (including phenoxy) is 1. The smallest absolute Gasteiger partial charge is 0.329 e. The Bertz CT molecular complexity index is 1340. The number of pyridine rings is 1. The Morgan fingerprint density at radius 1 is 1.16 bits per heavy atom. The monoisotopic (exact) mass is 455 g/mol. The van der Waals surface area contributed by atoms with Crippen molar-refractivity contribution in [1.82, 2.24) is 25.3 Å². The quantitative estimate of drug-likeness (QED) is 0.482. The molecule has 4 heterocycles. The van der Waals surface area contributed by atoms with Gasteiger partial charge in [-0.15, -0.1) is 11.3 Å². The first-order valence-corrected chi connectivity index (χ1v) is 10.8. The van der Waals surface area contributed by atoms with Gasteiger partial charge in [-0.05, 0) is 36.7 Å². The van der Waals surface area contributed by atoms with Crippen molar-refractivity contribution >= 4 is 61.5 Å². The van der Waals surface area contributed by atoms with Crippen molar-refractivity contribution < 1.29 is 9.53 Å². The highest BCUT2D eigenvalue weighted by molar-refractivity contribution is 7.21. The zero-order valence-electron chi connectivity index (χ0n) is 16.9. The number of benzene rings is 1. The molecule has 1 aromatic carbocycles. The van der Waals surface area contributed by atoms with Crippen molar-refractivity contribution in [2.75, 3.05) is 30.9 Å². The van der Waals surface area contributed by atoms with E-state index in [0.29, 0.717) is 23.3 Å². The molecule has 2 N–H and O–H groups in total. The molecule has 1 aliphatic heterocycles. The number of amides is 1. The number of carbonyl (C=O) groups excluding carboxylic acids is 1. The number of hydrogen-bond donors (Lipinski definition) is 2. The van der Waals surface area contributed by atoms with E-state index in [2.05, 4.69) is 30.6 Å². The summed E-state index contributed by atoms with van der Waals surface area (Å²) in [5.41, 5.74) is 1.58. The van der Waals surface area contributed by atoms with Gasteiger partial charge in [-0.2, -0.15) is 15.0 Å². The van der Waals surface area contributed by atoms with Crippen molar-refractivity contribution in [3.63, 3.8) is 0 Å². The van der Waals surface area contributed by atoms with E-state index in [1.54, 1.807) is 25.1 Å². The number of thiophene rings is 1. The Labute approximate surface area is 186 Å². The Kier molecular flexibility index (Phi) is 4.75. The topological polar surface area (TPSA) is 105 Å². The number of nitrogens with zero attached hydrogens (tertiary/aromatic N) is 5. The van der Waals surface area contributed by atoms with E-state index < -0.39 is 0 Å². The molecule has 0 spiro atoms. The van der Waals surface area contributed by atoms with Gasteiger partial charge in [-0.1, -0.05) is 0 Å². The minimum Gasteiger partial charge on any atom is -0.405 e. The second-order valence-electron chi connectivity index (χ2n) is 7.40. The zero-order valence-corrected chi connectivity index (χ0v) is 18.5. The molecule has 0 radical (unpaired) electrons. The van der Waals surface area contributed by atoms with Gasteiger partial charge in [-0.3, -0.25) is 4.79 Å². The van der Waals surface area contributed by atoms with Crippen molar-refractivity contribution in [1.29, 1.82) is 0 Å². The molecule has 0 unspecified atom stereocenters. The fourth-order valence-electron chi connectivity index (χ4n) is 3.42. The number of aromatic nitrogens is 4. The van der Waals surface area contributed by atoms with Crippen molar-refractivity contribution in [2.24, 2.45) is 0 Å². The lowest BCUT2D eigenvalue weighted by molar-refractivity contribution is 0.0949. The Morgan fingerprint density at radius 3 is 2.81 bits per heavy atom. The van der Waals surface area contributed by atoms with Crippen LogP contribution >= 0.6 is 22.9 Å². The van der Waals surface area contributed by atoms with Crippen LogP contribution in [0.25, 0.3) is 21.0 Å². The summed E-state index contributed by atoms with van der Waals surface area (Å²) in [7, 11) is 3.60. The van der Waals surface area contributed by atoms with Crippen LogP contribution in [-0.2, 0) is 0 Å². The molecule has 4 aromatic rings. The van der Waals surface area contributed by atoms with Crippen LogP contribution in [0.5, 0.6) is 11.9 Å². The third-order valence-corrected chi connectivity index (χ3v) is 6.16. The largest absolute Gasteiger partial charge is 0.405 e. The molecule has 0 aliphatic carbocycles. The number of hydrogen-bond acceptors (Lipinski definition) is 9. The van der Waals surface area contributed by atoms with Gasteiger partial charge in [0.2, 0.25) is 17.1 Å². The van der Waals surface area contributed by atoms with E-state index in [1.807, 2.05) is 25.1 Å². The first kappa shape index (κ1) is 19.7. The van der Waals surface area contributed by atoms with Crippen LogP contribution in [0.15, 0.2) is 24.3 Å². The number of anilines is 2. The predicted molar refractivity (Wildman–Crippen MR) is 122 cm³/mol. The zero-order chi connectivity index (χ0) is 21.7. The second kappa shape index (κ2) is 7.47. The third kappa shape index (κ3) is 3.57. The molecule has 5 rings (SSSR count). The molecule has 3 aromatic heterocycles. The summed E-state index contributed by atoms with van der Waals surface area (Å²) in [6, 6.07) is 7.67. The van der Waals surface area contributed by atoms with E-state index in [1.165, 1.54) is 11.3 Å². The minimum absolute atomic E-state index is 0.0377. The average Bonchev–Trinajstić information content (AvgIpc) is 3.04. The fourth-order valence-corrected chi connectivity index (χ4v) is 4.67. The maximum atomic E-state index is 12.6. The predicted octanol–water partition coefficient (Wildman–Crippen LogP) is 3.69. The molecule has 0 saturated carbocycles. The lowest BCUT2D eigenvalue weighted by Crippen LogP contribution is -2.34.